The molecule has 0 atom stereocenters. The summed E-state index contributed by atoms with van der Waals surface area (Å²) in [5.41, 5.74) is 3.64. The fourth-order valence-corrected chi connectivity index (χ4v) is 7.22. The molecule has 0 radical (unpaired) electrons. The third kappa shape index (κ3) is 9.40. The van der Waals surface area contributed by atoms with Gasteiger partial charge in [-0.05, 0) is 98.1 Å². The van der Waals surface area contributed by atoms with Crippen molar-refractivity contribution in [3.8, 4) is 0 Å². The summed E-state index contributed by atoms with van der Waals surface area (Å²) in [6.07, 6.45) is 18.2. The molecule has 40 heavy (non-hydrogen) atoms. The minimum atomic E-state index is -3.26. The van der Waals surface area contributed by atoms with Crippen molar-refractivity contribution in [1.29, 1.82) is 0 Å². The van der Waals surface area contributed by atoms with Crippen LogP contribution in [0.2, 0.25) is 0 Å². The monoisotopic (exact) mass is 552 g/mol. The van der Waals surface area contributed by atoms with E-state index in [0.717, 1.165) is 17.4 Å². The normalized spacial score (nSPS) is 23.8. The third-order valence-corrected chi connectivity index (χ3v) is 9.97. The quantitative estimate of drug-likeness (QED) is 0.200. The fourth-order valence-electron chi connectivity index (χ4n) is 7.22. The minimum Gasteiger partial charge on any atom is -0.316 e. The van der Waals surface area contributed by atoms with E-state index in [9.17, 15) is 8.78 Å². The molecule has 2 aliphatic carbocycles. The molecular formula is C37H54F2O. The maximum absolute atomic E-state index is 14.8. The van der Waals surface area contributed by atoms with Gasteiger partial charge in [-0.3, -0.25) is 0 Å². The molecule has 3 heteroatoms. The predicted octanol–water partition coefficient (Wildman–Crippen LogP) is 11.7. The van der Waals surface area contributed by atoms with Crippen LogP contribution in [-0.2, 0) is 17.3 Å². The van der Waals surface area contributed by atoms with E-state index in [0.29, 0.717) is 18.3 Å². The number of ether oxygens (including phenoxy) is 1. The maximum atomic E-state index is 14.8. The lowest BCUT2D eigenvalue weighted by atomic mass is 9.77. The summed E-state index contributed by atoms with van der Waals surface area (Å²) < 4.78 is 34.8. The Hall–Kier alpha value is -1.74. The van der Waals surface area contributed by atoms with Crippen LogP contribution in [0.3, 0.4) is 0 Å². The first-order valence-corrected chi connectivity index (χ1v) is 16.7. The Morgan fingerprint density at radius 3 is 1.52 bits per heavy atom. The van der Waals surface area contributed by atoms with Gasteiger partial charge in [-0.2, -0.15) is 8.78 Å². The van der Waals surface area contributed by atoms with E-state index < -0.39 is 6.11 Å². The van der Waals surface area contributed by atoms with Crippen molar-refractivity contribution in [2.75, 3.05) is 6.61 Å². The van der Waals surface area contributed by atoms with E-state index in [4.69, 9.17) is 4.74 Å². The Morgan fingerprint density at radius 2 is 1.07 bits per heavy atom. The highest BCUT2D eigenvalue weighted by Crippen LogP contribution is 2.40. The second kappa shape index (κ2) is 16.0. The van der Waals surface area contributed by atoms with Crippen LogP contribution in [0, 0.1) is 11.8 Å². The first-order chi connectivity index (χ1) is 19.5. The number of hydrogen-bond donors (Lipinski definition) is 0. The Kier molecular flexibility index (Phi) is 12.5. The Morgan fingerprint density at radius 1 is 0.625 bits per heavy atom. The molecule has 0 aliphatic heterocycles. The first kappa shape index (κ1) is 31.2. The van der Waals surface area contributed by atoms with Crippen molar-refractivity contribution in [1.82, 2.24) is 0 Å². The molecule has 4 rings (SSSR count). The highest BCUT2D eigenvalue weighted by Gasteiger charge is 2.33. The van der Waals surface area contributed by atoms with Crippen molar-refractivity contribution in [3.63, 3.8) is 0 Å². The molecule has 0 aromatic heterocycles. The number of halogens is 2. The summed E-state index contributed by atoms with van der Waals surface area (Å²) in [6, 6.07) is 15.6. The van der Waals surface area contributed by atoms with Crippen LogP contribution < -0.4 is 0 Å². The minimum absolute atomic E-state index is 0.0129. The summed E-state index contributed by atoms with van der Waals surface area (Å²) in [7, 11) is 0. The van der Waals surface area contributed by atoms with Gasteiger partial charge in [0, 0.05) is 0 Å². The topological polar surface area (TPSA) is 9.23 Å². The molecular weight excluding hydrogens is 498 g/mol. The largest absolute Gasteiger partial charge is 0.383 e. The summed E-state index contributed by atoms with van der Waals surface area (Å²) >= 11 is 0. The zero-order chi connectivity index (χ0) is 28.2. The smallest absolute Gasteiger partial charge is 0.316 e. The molecule has 0 unspecified atom stereocenters. The van der Waals surface area contributed by atoms with Crippen LogP contribution in [0.15, 0.2) is 48.5 Å². The highest BCUT2D eigenvalue weighted by atomic mass is 19.3. The Bertz CT molecular complexity index is 951. The van der Waals surface area contributed by atoms with Gasteiger partial charge >= 0.3 is 6.11 Å². The zero-order valence-corrected chi connectivity index (χ0v) is 25.3. The van der Waals surface area contributed by atoms with Crippen molar-refractivity contribution in [3.05, 3.63) is 70.8 Å². The molecule has 0 saturated heterocycles. The van der Waals surface area contributed by atoms with Gasteiger partial charge in [0.1, 0.15) is 0 Å². The van der Waals surface area contributed by atoms with E-state index in [1.807, 2.05) is 12.1 Å². The van der Waals surface area contributed by atoms with Crippen LogP contribution in [0.5, 0.6) is 0 Å². The molecule has 2 saturated carbocycles. The average Bonchev–Trinajstić information content (AvgIpc) is 2.99. The van der Waals surface area contributed by atoms with Gasteiger partial charge in [0.2, 0.25) is 0 Å². The Balaban J connectivity index is 1.18. The number of benzene rings is 2. The van der Waals surface area contributed by atoms with E-state index >= 15 is 0 Å². The molecule has 2 aliphatic rings. The summed E-state index contributed by atoms with van der Waals surface area (Å²) in [6.45, 7) is 4.55. The van der Waals surface area contributed by atoms with Gasteiger partial charge in [0.05, 0.1) is 12.2 Å². The molecule has 0 spiro atoms. The van der Waals surface area contributed by atoms with E-state index in [2.05, 4.69) is 38.1 Å². The number of hydrogen-bond acceptors (Lipinski definition) is 1. The lowest BCUT2D eigenvalue weighted by molar-refractivity contribution is -0.248. The van der Waals surface area contributed by atoms with Gasteiger partial charge in [-0.1, -0.05) is 114 Å². The van der Waals surface area contributed by atoms with Gasteiger partial charge in [-0.25, -0.2) is 0 Å². The lowest BCUT2D eigenvalue weighted by Crippen LogP contribution is -2.20. The van der Waals surface area contributed by atoms with E-state index in [1.165, 1.54) is 114 Å². The molecule has 2 aromatic carbocycles. The lowest BCUT2D eigenvalue weighted by Gasteiger charge is -2.29. The van der Waals surface area contributed by atoms with E-state index in [-0.39, 0.29) is 12.2 Å². The number of unbranched alkanes of at least 4 members (excludes halogenated alkanes) is 4. The Labute approximate surface area is 243 Å². The molecule has 222 valence electrons. The van der Waals surface area contributed by atoms with Gasteiger partial charge < -0.3 is 4.74 Å². The van der Waals surface area contributed by atoms with Crippen molar-refractivity contribution < 1.29 is 13.5 Å². The summed E-state index contributed by atoms with van der Waals surface area (Å²) in [5, 5.41) is 0. The first-order valence-electron chi connectivity index (χ1n) is 16.7. The van der Waals surface area contributed by atoms with Crippen LogP contribution in [0.1, 0.15) is 151 Å². The van der Waals surface area contributed by atoms with E-state index in [1.54, 1.807) is 12.1 Å². The average molecular weight is 553 g/mol. The second-order valence-electron chi connectivity index (χ2n) is 12.9. The standard InChI is InChI=1S/C37H54F2O/c1-3-5-7-9-29-11-17-32(18-12-29)33-21-15-31(16-22-33)27-28-40-37(38,39)36-25-23-35(24-26-36)34-19-13-30(14-20-34)10-8-6-4-2/h15-16,21-26,29-30,32,34H,3-14,17-20,27-28H2,1-2H3/t29-,30-,32-,34-. The predicted molar refractivity (Wildman–Crippen MR) is 164 cm³/mol. The van der Waals surface area contributed by atoms with Crippen LogP contribution in [-0.4, -0.2) is 6.61 Å². The van der Waals surface area contributed by atoms with Gasteiger partial charge in [-0.15, -0.1) is 0 Å². The highest BCUT2D eigenvalue weighted by molar-refractivity contribution is 5.28. The molecule has 0 N–H and O–H groups in total. The maximum Gasteiger partial charge on any atom is 0.383 e. The second-order valence-corrected chi connectivity index (χ2v) is 12.9. The number of alkyl halides is 2. The summed E-state index contributed by atoms with van der Waals surface area (Å²) in [5.74, 6) is 2.93. The zero-order valence-electron chi connectivity index (χ0n) is 25.3. The molecule has 1 nitrogen and oxygen atoms in total. The van der Waals surface area contributed by atoms with Crippen LogP contribution in [0.25, 0.3) is 0 Å². The van der Waals surface area contributed by atoms with Gasteiger partial charge in [0.25, 0.3) is 0 Å². The molecule has 2 aromatic rings. The van der Waals surface area contributed by atoms with Crippen LogP contribution >= 0.6 is 0 Å². The molecule has 0 bridgehead atoms. The molecule has 2 fully saturated rings. The molecule has 0 amide bonds. The molecule has 0 heterocycles. The number of rotatable bonds is 15. The SMILES string of the molecule is CCCCC[C@H]1CC[C@H](c2ccc(CCOC(F)(F)c3ccc([C@H]4CC[C@H](CCCCC)CC4)cc3)cc2)CC1. The van der Waals surface area contributed by atoms with Crippen molar-refractivity contribution >= 4 is 0 Å². The summed E-state index contributed by atoms with van der Waals surface area (Å²) in [4.78, 5) is 0. The fraction of sp³-hybridized carbons (Fsp3) is 0.676. The van der Waals surface area contributed by atoms with Crippen molar-refractivity contribution in [2.45, 2.75) is 141 Å². The third-order valence-electron chi connectivity index (χ3n) is 9.97. The van der Waals surface area contributed by atoms with Crippen LogP contribution in [0.4, 0.5) is 8.78 Å². The van der Waals surface area contributed by atoms with Crippen molar-refractivity contribution in [2.24, 2.45) is 11.8 Å². The van der Waals surface area contributed by atoms with Gasteiger partial charge in [0.15, 0.2) is 0 Å².